The molecular weight excluding hydrogens is 437 g/mol. The molecule has 1 aromatic heterocycles. The third-order valence-corrected chi connectivity index (χ3v) is 5.45. The maximum atomic E-state index is 12.6. The fourth-order valence-corrected chi connectivity index (χ4v) is 3.66. The molecule has 3 rings (SSSR count). The van der Waals surface area contributed by atoms with Gasteiger partial charge in [0.05, 0.1) is 29.0 Å². The number of rotatable bonds is 9. The lowest BCUT2D eigenvalue weighted by Gasteiger charge is -2.16. The van der Waals surface area contributed by atoms with Crippen molar-refractivity contribution in [1.82, 2.24) is 14.9 Å². The third kappa shape index (κ3) is 5.71. The fourth-order valence-electron chi connectivity index (χ4n) is 3.12. The molecule has 0 radical (unpaired) electrons. The Kier molecular flexibility index (Phi) is 7.82. The number of amides is 1. The van der Waals surface area contributed by atoms with Crippen molar-refractivity contribution in [3.8, 4) is 17.2 Å². The van der Waals surface area contributed by atoms with E-state index in [-0.39, 0.29) is 22.6 Å². The monoisotopic (exact) mass is 461 g/mol. The number of nitrogens with zero attached hydrogens (tertiary/aromatic N) is 2. The van der Waals surface area contributed by atoms with Crippen LogP contribution in [0.3, 0.4) is 0 Å². The Hall–Kier alpha value is -2.70. The van der Waals surface area contributed by atoms with E-state index in [1.165, 1.54) is 0 Å². The topological polar surface area (TPSA) is 65.4 Å². The summed E-state index contributed by atoms with van der Waals surface area (Å²) >= 11 is 12.8. The maximum absolute atomic E-state index is 12.6. The Labute approximate surface area is 192 Å². The Morgan fingerprint density at radius 2 is 2.03 bits per heavy atom. The molecule has 0 fully saturated rings. The molecule has 3 aromatic rings. The van der Waals surface area contributed by atoms with Crippen molar-refractivity contribution in [2.75, 3.05) is 13.7 Å². The summed E-state index contributed by atoms with van der Waals surface area (Å²) in [7, 11) is 1.63. The van der Waals surface area contributed by atoms with Gasteiger partial charge in [-0.05, 0) is 42.7 Å². The van der Waals surface area contributed by atoms with Gasteiger partial charge in [0.15, 0.2) is 5.75 Å². The van der Waals surface area contributed by atoms with Crippen molar-refractivity contribution in [2.24, 2.45) is 0 Å². The van der Waals surface area contributed by atoms with Gasteiger partial charge in [0.2, 0.25) is 0 Å². The van der Waals surface area contributed by atoms with E-state index in [4.69, 9.17) is 32.7 Å². The Balaban J connectivity index is 1.73. The highest BCUT2D eigenvalue weighted by Gasteiger charge is 2.19. The van der Waals surface area contributed by atoms with Gasteiger partial charge >= 0.3 is 0 Å². The van der Waals surface area contributed by atoms with Crippen molar-refractivity contribution in [2.45, 2.75) is 32.7 Å². The first-order valence-corrected chi connectivity index (χ1v) is 10.7. The summed E-state index contributed by atoms with van der Waals surface area (Å²) in [4.78, 5) is 16.6. The van der Waals surface area contributed by atoms with Gasteiger partial charge in [-0.3, -0.25) is 4.79 Å². The van der Waals surface area contributed by atoms with Crippen LogP contribution in [0.25, 0.3) is 0 Å². The summed E-state index contributed by atoms with van der Waals surface area (Å²) < 4.78 is 13.4. The first-order valence-electron chi connectivity index (χ1n) is 9.98. The molecule has 0 spiro atoms. The van der Waals surface area contributed by atoms with Crippen LogP contribution in [0.15, 0.2) is 49.1 Å². The number of nitrogens with one attached hydrogen (secondary N) is 1. The Bertz CT molecular complexity index is 1040. The lowest BCUT2D eigenvalue weighted by atomic mass is 10.0. The molecule has 0 aliphatic heterocycles. The molecule has 0 saturated heterocycles. The van der Waals surface area contributed by atoms with Crippen LogP contribution in [0.1, 0.15) is 42.1 Å². The zero-order chi connectivity index (χ0) is 22.4. The molecule has 6 nitrogen and oxygen atoms in total. The van der Waals surface area contributed by atoms with Gasteiger partial charge in [-0.1, -0.05) is 37.0 Å². The summed E-state index contributed by atoms with van der Waals surface area (Å²) in [5.74, 6) is 1.54. The fraction of sp³-hybridized carbons (Fsp3) is 0.304. The van der Waals surface area contributed by atoms with Crippen LogP contribution in [0.4, 0.5) is 0 Å². The lowest BCUT2D eigenvalue weighted by Crippen LogP contribution is -2.25. The lowest BCUT2D eigenvalue weighted by molar-refractivity contribution is 0.0952. The highest BCUT2D eigenvalue weighted by molar-refractivity contribution is 6.39. The standard InChI is InChI=1S/C23H25Cl2N3O3/c1-15(2)18-13-16(5-8-20(18)30-3)31-22-19(24)7-6-17(21(22)25)23(29)27-9-4-11-28-12-10-26-14-28/h5-8,10,12-15H,4,9,11H2,1-3H3,(H,27,29). The van der Waals surface area contributed by atoms with Crippen LogP contribution in [-0.4, -0.2) is 29.1 Å². The first kappa shape index (κ1) is 23.0. The second-order valence-corrected chi connectivity index (χ2v) is 8.09. The van der Waals surface area contributed by atoms with Crippen LogP contribution in [0, 0.1) is 0 Å². The number of aryl methyl sites for hydroxylation is 1. The second-order valence-electron chi connectivity index (χ2n) is 7.31. The van der Waals surface area contributed by atoms with Gasteiger partial charge in [0, 0.05) is 31.0 Å². The number of hydrogen-bond acceptors (Lipinski definition) is 4. The molecule has 1 amide bonds. The minimum Gasteiger partial charge on any atom is -0.496 e. The Morgan fingerprint density at radius 3 is 2.71 bits per heavy atom. The van der Waals surface area contributed by atoms with Gasteiger partial charge in [-0.2, -0.15) is 0 Å². The molecule has 0 saturated carbocycles. The number of halogens is 2. The van der Waals surface area contributed by atoms with Crippen LogP contribution in [0.2, 0.25) is 10.0 Å². The number of hydrogen-bond donors (Lipinski definition) is 1. The van der Waals surface area contributed by atoms with E-state index >= 15 is 0 Å². The smallest absolute Gasteiger partial charge is 0.252 e. The van der Waals surface area contributed by atoms with E-state index in [0.29, 0.717) is 22.9 Å². The van der Waals surface area contributed by atoms with Gasteiger partial charge in [-0.25, -0.2) is 4.98 Å². The quantitative estimate of drug-likeness (QED) is 0.400. The van der Waals surface area contributed by atoms with Gasteiger partial charge in [-0.15, -0.1) is 0 Å². The molecule has 0 bridgehead atoms. The zero-order valence-corrected chi connectivity index (χ0v) is 19.2. The SMILES string of the molecule is COc1ccc(Oc2c(Cl)ccc(C(=O)NCCCn3ccnc3)c2Cl)cc1C(C)C. The van der Waals surface area contributed by atoms with Crippen LogP contribution in [-0.2, 0) is 6.54 Å². The average molecular weight is 462 g/mol. The number of aromatic nitrogens is 2. The number of imidazole rings is 1. The number of carbonyl (C=O) groups excluding carboxylic acids is 1. The molecule has 31 heavy (non-hydrogen) atoms. The summed E-state index contributed by atoms with van der Waals surface area (Å²) in [6, 6.07) is 8.70. The zero-order valence-electron chi connectivity index (χ0n) is 17.7. The summed E-state index contributed by atoms with van der Waals surface area (Å²) in [5.41, 5.74) is 1.31. The van der Waals surface area contributed by atoms with E-state index in [0.717, 1.165) is 24.3 Å². The molecular formula is C23H25Cl2N3O3. The van der Waals surface area contributed by atoms with Crippen LogP contribution < -0.4 is 14.8 Å². The van der Waals surface area contributed by atoms with Crippen molar-refractivity contribution in [3.63, 3.8) is 0 Å². The number of methoxy groups -OCH3 is 1. The molecule has 0 aliphatic carbocycles. The predicted octanol–water partition coefficient (Wildman–Crippen LogP) is 5.93. The highest BCUT2D eigenvalue weighted by atomic mass is 35.5. The molecule has 2 aromatic carbocycles. The highest BCUT2D eigenvalue weighted by Crippen LogP contribution is 2.40. The molecule has 1 N–H and O–H groups in total. The molecule has 0 atom stereocenters. The summed E-state index contributed by atoms with van der Waals surface area (Å²) in [6.07, 6.45) is 6.11. The largest absolute Gasteiger partial charge is 0.496 e. The average Bonchev–Trinajstić information content (AvgIpc) is 3.27. The van der Waals surface area contributed by atoms with E-state index in [2.05, 4.69) is 24.1 Å². The van der Waals surface area contributed by atoms with Crippen molar-refractivity contribution in [3.05, 3.63) is 70.2 Å². The molecule has 0 aliphatic rings. The second kappa shape index (κ2) is 10.6. The van der Waals surface area contributed by atoms with Crippen molar-refractivity contribution < 1.29 is 14.3 Å². The van der Waals surface area contributed by atoms with Gasteiger partial charge in [0.25, 0.3) is 5.91 Å². The van der Waals surface area contributed by atoms with E-state index < -0.39 is 0 Å². The van der Waals surface area contributed by atoms with E-state index in [9.17, 15) is 4.79 Å². The van der Waals surface area contributed by atoms with E-state index in [1.54, 1.807) is 37.8 Å². The minimum absolute atomic E-state index is 0.168. The predicted molar refractivity (Wildman–Crippen MR) is 123 cm³/mol. The number of benzene rings is 2. The minimum atomic E-state index is -0.283. The van der Waals surface area contributed by atoms with Crippen molar-refractivity contribution in [1.29, 1.82) is 0 Å². The maximum Gasteiger partial charge on any atom is 0.252 e. The van der Waals surface area contributed by atoms with E-state index in [1.807, 2.05) is 22.9 Å². The van der Waals surface area contributed by atoms with Crippen LogP contribution >= 0.6 is 23.2 Å². The summed E-state index contributed by atoms with van der Waals surface area (Å²) in [5, 5.41) is 3.37. The van der Waals surface area contributed by atoms with Gasteiger partial charge in [0.1, 0.15) is 11.5 Å². The first-order chi connectivity index (χ1) is 14.9. The number of ether oxygens (including phenoxy) is 2. The normalized spacial score (nSPS) is 10.9. The molecule has 0 unspecified atom stereocenters. The number of carbonyl (C=O) groups is 1. The van der Waals surface area contributed by atoms with Gasteiger partial charge < -0.3 is 19.4 Å². The van der Waals surface area contributed by atoms with Crippen molar-refractivity contribution >= 4 is 29.1 Å². The summed E-state index contributed by atoms with van der Waals surface area (Å²) in [6.45, 7) is 5.40. The molecule has 164 valence electrons. The molecule has 1 heterocycles. The third-order valence-electron chi connectivity index (χ3n) is 4.77. The Morgan fingerprint density at radius 1 is 1.23 bits per heavy atom. The molecule has 8 heteroatoms. The van der Waals surface area contributed by atoms with Crippen LogP contribution in [0.5, 0.6) is 17.2 Å².